The van der Waals surface area contributed by atoms with Crippen LogP contribution in [0.3, 0.4) is 0 Å². The van der Waals surface area contributed by atoms with Crippen LogP contribution in [-0.4, -0.2) is 167 Å². The summed E-state index contributed by atoms with van der Waals surface area (Å²) in [5.74, 6) is -2.06. The maximum absolute atomic E-state index is 14.5. The molecule has 25 heteroatoms. The minimum absolute atomic E-state index is 0.0188. The largest absolute Gasteiger partial charge is 0.501 e. The summed E-state index contributed by atoms with van der Waals surface area (Å²) in [5, 5.41) is 6.00. The lowest BCUT2D eigenvalue weighted by Gasteiger charge is -2.39. The number of sulfonamides is 1. The third-order valence-corrected chi connectivity index (χ3v) is 23.3. The molecule has 0 aromatic heterocycles. The van der Waals surface area contributed by atoms with Crippen LogP contribution in [0.1, 0.15) is 121 Å². The molecule has 1 unspecified atom stereocenters. The van der Waals surface area contributed by atoms with Crippen molar-refractivity contribution in [2.45, 2.75) is 122 Å². The Hall–Kier alpha value is -6.25. The Morgan fingerprint density at radius 2 is 1.41 bits per heavy atom. The van der Waals surface area contributed by atoms with E-state index >= 15 is 0 Å². The number of unbranched alkanes of at least 4 members (excludes halogenated alkanes) is 4. The van der Waals surface area contributed by atoms with Gasteiger partial charge in [-0.2, -0.15) is 13.2 Å². The number of sulfone groups is 1. The number of alkyl halides is 3. The van der Waals surface area contributed by atoms with Gasteiger partial charge in [0.15, 0.2) is 0 Å². The van der Waals surface area contributed by atoms with Gasteiger partial charge in [-0.25, -0.2) is 21.6 Å². The highest BCUT2D eigenvalue weighted by atomic mass is 35.5. The summed E-state index contributed by atoms with van der Waals surface area (Å²) in [4.78, 5) is 74.3. The van der Waals surface area contributed by atoms with Crippen LogP contribution >= 0.6 is 35.1 Å². The Labute approximate surface area is 550 Å². The number of nitrogens with zero attached hydrogens (tertiary/aromatic N) is 5. The average Bonchev–Trinajstić information content (AvgIpc) is 1.57. The van der Waals surface area contributed by atoms with Gasteiger partial charge >= 0.3 is 5.51 Å². The molecule has 5 aliphatic rings. The number of thioether (sulfide) groups is 2. The summed E-state index contributed by atoms with van der Waals surface area (Å²) in [6, 6.07) is 29.9. The Bertz CT molecular complexity index is 3770. The summed E-state index contributed by atoms with van der Waals surface area (Å²) in [7, 11) is -11.0. The number of carbonyl (C=O) groups is 5. The van der Waals surface area contributed by atoms with E-state index in [1.54, 1.807) is 24.3 Å². The SMILES string of the molecule is CC1(C)CCC(c2ccc(Cl)cc2)=C(CN2CCN(c3ccc(C(=O)NS(=O)(=O)c4ccc(N[C@H](CCN5CCN(CCCCCCCSc6cccc7c6C(=O)N(C6CCC(=O)NC6=O)C7=O)CC5)CSc5ccccc5)c(S(=O)(=O)C(F)(F)F)c4)cc3)CC2)C1. The van der Waals surface area contributed by atoms with Crippen LogP contribution in [-0.2, 0) is 29.4 Å². The third kappa shape index (κ3) is 17.0. The van der Waals surface area contributed by atoms with Gasteiger partial charge in [0.25, 0.3) is 37.6 Å². The molecule has 5 amide bonds. The van der Waals surface area contributed by atoms with Gasteiger partial charge in [0.2, 0.25) is 11.8 Å². The highest BCUT2D eigenvalue weighted by Crippen LogP contribution is 2.44. The molecule has 92 heavy (non-hydrogen) atoms. The molecule has 3 saturated heterocycles. The predicted molar refractivity (Wildman–Crippen MR) is 354 cm³/mol. The number of carbonyl (C=O) groups excluding carboxylic acids is 5. The zero-order valence-electron chi connectivity index (χ0n) is 51.7. The fraction of sp³-hybridized carbons (Fsp3) is 0.448. The van der Waals surface area contributed by atoms with Crippen molar-refractivity contribution in [2.75, 3.05) is 93.7 Å². The topological polar surface area (TPSA) is 206 Å². The van der Waals surface area contributed by atoms with Crippen LogP contribution in [0.2, 0.25) is 5.02 Å². The minimum atomic E-state index is -6.12. The van der Waals surface area contributed by atoms with Gasteiger partial charge < -0.3 is 20.0 Å². The summed E-state index contributed by atoms with van der Waals surface area (Å²) in [5.41, 5.74) is -0.587. The quantitative estimate of drug-likeness (QED) is 0.0267. The second-order valence-electron chi connectivity index (χ2n) is 25.0. The Kier molecular flexibility index (Phi) is 22.4. The zero-order valence-corrected chi connectivity index (χ0v) is 55.7. The minimum Gasteiger partial charge on any atom is -0.380 e. The Morgan fingerprint density at radius 1 is 0.739 bits per heavy atom. The van der Waals surface area contributed by atoms with Gasteiger partial charge in [0.05, 0.1) is 21.7 Å². The lowest BCUT2D eigenvalue weighted by atomic mass is 9.73. The Morgan fingerprint density at radius 3 is 2.11 bits per heavy atom. The molecule has 4 aliphatic heterocycles. The number of hydrogen-bond acceptors (Lipinski definition) is 16. The van der Waals surface area contributed by atoms with Gasteiger partial charge in [-0.15, -0.1) is 23.5 Å². The molecule has 0 bridgehead atoms. The Balaban J connectivity index is 0.697. The summed E-state index contributed by atoms with van der Waals surface area (Å²) in [6.45, 7) is 13.1. The van der Waals surface area contributed by atoms with Crippen molar-refractivity contribution < 1.29 is 54.0 Å². The second-order valence-corrected chi connectivity index (χ2v) is 31.2. The van der Waals surface area contributed by atoms with Gasteiger partial charge in [-0.1, -0.05) is 86.7 Å². The van der Waals surface area contributed by atoms with Crippen LogP contribution in [0.15, 0.2) is 140 Å². The second kappa shape index (κ2) is 30.0. The van der Waals surface area contributed by atoms with E-state index in [-0.39, 0.29) is 29.4 Å². The first-order valence-electron chi connectivity index (χ1n) is 31.4. The van der Waals surface area contributed by atoms with E-state index in [0.29, 0.717) is 40.3 Å². The molecule has 0 radical (unpaired) electrons. The van der Waals surface area contributed by atoms with Crippen LogP contribution in [0.4, 0.5) is 24.5 Å². The number of fused-ring (bicyclic) bond motifs is 1. The zero-order chi connectivity index (χ0) is 65.4. The number of amides is 5. The summed E-state index contributed by atoms with van der Waals surface area (Å²) < 4.78 is 99.9. The van der Waals surface area contributed by atoms with E-state index in [1.165, 1.54) is 52.4 Å². The van der Waals surface area contributed by atoms with Crippen molar-refractivity contribution in [2.24, 2.45) is 5.41 Å². The van der Waals surface area contributed by atoms with E-state index in [9.17, 15) is 54.0 Å². The maximum atomic E-state index is 14.5. The van der Waals surface area contributed by atoms with Crippen molar-refractivity contribution in [1.29, 1.82) is 0 Å². The highest BCUT2D eigenvalue weighted by Gasteiger charge is 2.49. The summed E-state index contributed by atoms with van der Waals surface area (Å²) in [6.07, 6.45) is 8.62. The monoisotopic (exact) mass is 1360 g/mol. The first kappa shape index (κ1) is 68.6. The number of imide groups is 2. The standard InChI is InChI=1S/C67H78ClF3N8O9S4/c1-66(2)30-28-54(46-16-20-49(68)21-17-46)48(43-66)44-77-37-39-78(40-38-77)51-22-18-47(19-23-51)62(81)74-92(87,88)53-24-25-56(59(42-53)91(85,86)67(69,70)71)72-50(45-90-52-12-7-6-8-13-52)29-32-76-35-33-75(34-36-76)31-9-4-3-5-10-41-89-58-15-11-14-55-61(58)65(84)79(64(55)83)57-26-27-60(80)73-63(57)82/h6-8,11-25,42,50,57,72H,3-5,9-10,26-41,43-45H2,1-2H3,(H,74,81)(H,73,80,82)/t50-,57?/m1/s1. The van der Waals surface area contributed by atoms with Crippen molar-refractivity contribution in [1.82, 2.24) is 29.6 Å². The van der Waals surface area contributed by atoms with Gasteiger partial charge in [-0.3, -0.25) is 39.1 Å². The van der Waals surface area contributed by atoms with Gasteiger partial charge in [0, 0.05) is 110 Å². The fourth-order valence-electron chi connectivity index (χ4n) is 12.7. The number of hydrogen-bond donors (Lipinski definition) is 3. The van der Waals surface area contributed by atoms with Crippen LogP contribution in [0, 0.1) is 5.41 Å². The number of rotatable bonds is 26. The lowest BCUT2D eigenvalue weighted by Crippen LogP contribution is -2.54. The van der Waals surface area contributed by atoms with E-state index in [1.807, 2.05) is 53.3 Å². The maximum Gasteiger partial charge on any atom is 0.501 e. The molecular formula is C67H78ClF3N8O9S4. The van der Waals surface area contributed by atoms with Crippen LogP contribution in [0.5, 0.6) is 0 Å². The number of allylic oxidation sites excluding steroid dienone is 1. The predicted octanol–water partition coefficient (Wildman–Crippen LogP) is 11.3. The van der Waals surface area contributed by atoms with Crippen LogP contribution < -0.4 is 20.3 Å². The molecule has 3 fully saturated rings. The van der Waals surface area contributed by atoms with Crippen LogP contribution in [0.25, 0.3) is 5.57 Å². The molecule has 0 spiro atoms. The average molecular weight is 1360 g/mol. The normalized spacial score (nSPS) is 19.1. The highest BCUT2D eigenvalue weighted by molar-refractivity contribution is 7.99. The third-order valence-electron chi connectivity index (χ3n) is 17.8. The van der Waals surface area contributed by atoms with Crippen molar-refractivity contribution >= 4 is 101 Å². The first-order chi connectivity index (χ1) is 43.9. The molecule has 5 aromatic carbocycles. The van der Waals surface area contributed by atoms with Crippen molar-refractivity contribution in [3.8, 4) is 0 Å². The molecule has 4 heterocycles. The molecule has 492 valence electrons. The molecule has 5 aromatic rings. The molecule has 17 nitrogen and oxygen atoms in total. The van der Waals surface area contributed by atoms with E-state index in [0.717, 1.165) is 150 Å². The lowest BCUT2D eigenvalue weighted by molar-refractivity contribution is -0.136. The fourth-order valence-corrected chi connectivity index (χ4v) is 16.9. The number of piperazine rings is 2. The van der Waals surface area contributed by atoms with E-state index < -0.39 is 82.5 Å². The summed E-state index contributed by atoms with van der Waals surface area (Å²) >= 11 is 9.18. The van der Waals surface area contributed by atoms with E-state index in [2.05, 4.69) is 56.2 Å². The van der Waals surface area contributed by atoms with Crippen molar-refractivity contribution in [3.05, 3.63) is 148 Å². The number of nitrogens with one attached hydrogen (secondary N) is 3. The number of benzene rings is 5. The van der Waals surface area contributed by atoms with E-state index in [4.69, 9.17) is 11.6 Å². The molecule has 1 aliphatic carbocycles. The molecular weight excluding hydrogens is 1280 g/mol. The number of piperidine rings is 1. The molecule has 3 N–H and O–H groups in total. The van der Waals surface area contributed by atoms with Gasteiger partial charge in [0.1, 0.15) is 10.9 Å². The smallest absolute Gasteiger partial charge is 0.380 e. The molecule has 2 atom stereocenters. The molecule has 0 saturated carbocycles. The number of halogens is 4. The first-order valence-corrected chi connectivity index (χ1v) is 36.7. The van der Waals surface area contributed by atoms with Crippen molar-refractivity contribution in [3.63, 3.8) is 0 Å². The molecule has 10 rings (SSSR count). The number of anilines is 2. The van der Waals surface area contributed by atoms with Gasteiger partial charge in [-0.05, 0) is 153 Å².